The second-order valence-electron chi connectivity index (χ2n) is 4.31. The summed E-state index contributed by atoms with van der Waals surface area (Å²) in [5, 5.41) is 12.5. The minimum Gasteiger partial charge on any atom is -0.507 e. The fourth-order valence-electron chi connectivity index (χ4n) is 1.90. The van der Waals surface area contributed by atoms with Crippen molar-refractivity contribution in [2.24, 2.45) is 0 Å². The molecule has 4 nitrogen and oxygen atoms in total. The van der Waals surface area contributed by atoms with Crippen LogP contribution in [0.1, 0.15) is 28.5 Å². The number of phenolic OH excluding ortho intramolecular Hbond substituents is 1. The third-order valence-electron chi connectivity index (χ3n) is 2.99. The lowest BCUT2D eigenvalue weighted by Crippen LogP contribution is -2.24. The molecule has 0 fully saturated rings. The van der Waals surface area contributed by atoms with Crippen molar-refractivity contribution in [2.45, 2.75) is 19.9 Å². The maximum Gasteiger partial charge on any atom is 0.255 e. The van der Waals surface area contributed by atoms with Gasteiger partial charge in [-0.2, -0.15) is 0 Å². The highest BCUT2D eigenvalue weighted by Crippen LogP contribution is 2.19. The Kier molecular flexibility index (Phi) is 4.94. The maximum atomic E-state index is 12.1. The molecule has 5 heteroatoms. The Labute approximate surface area is 131 Å². The zero-order valence-corrected chi connectivity index (χ0v) is 13.2. The molecule has 0 radical (unpaired) electrons. The van der Waals surface area contributed by atoms with Crippen LogP contribution in [0.15, 0.2) is 36.5 Å². The number of carbonyl (C=O) groups is 1. The quantitative estimate of drug-likeness (QED) is 0.800. The molecular weight excluding hydrogens is 367 g/mol. The first-order valence-electron chi connectivity index (χ1n) is 6.31. The molecule has 0 unspecified atom stereocenters. The number of hydrogen-bond acceptors (Lipinski definition) is 3. The molecule has 0 atom stereocenters. The minimum atomic E-state index is -0.297. The van der Waals surface area contributed by atoms with E-state index in [0.717, 1.165) is 21.2 Å². The van der Waals surface area contributed by atoms with Crippen LogP contribution in [0, 0.1) is 3.57 Å². The highest BCUT2D eigenvalue weighted by atomic mass is 127. The van der Waals surface area contributed by atoms with Crippen LogP contribution in [0.4, 0.5) is 0 Å². The standard InChI is InChI=1S/C15H15IN2O2/c1-2-10-4-3-7-17-13(10)9-18-15(20)12-8-11(16)5-6-14(12)19/h3-8,19H,2,9H2,1H3,(H,18,20). The van der Waals surface area contributed by atoms with Crippen molar-refractivity contribution < 1.29 is 9.90 Å². The Morgan fingerprint density at radius 3 is 2.95 bits per heavy atom. The predicted octanol–water partition coefficient (Wildman–Crippen LogP) is 2.88. The number of phenols is 1. The molecule has 2 N–H and O–H groups in total. The molecular formula is C15H15IN2O2. The van der Waals surface area contributed by atoms with Gasteiger partial charge in [0.2, 0.25) is 0 Å². The summed E-state index contributed by atoms with van der Waals surface area (Å²) >= 11 is 2.10. The normalized spacial score (nSPS) is 10.3. The van der Waals surface area contributed by atoms with Gasteiger partial charge in [-0.1, -0.05) is 13.0 Å². The summed E-state index contributed by atoms with van der Waals surface area (Å²) in [6, 6.07) is 8.81. The van der Waals surface area contributed by atoms with Crippen LogP contribution in [0.3, 0.4) is 0 Å². The molecule has 1 heterocycles. The van der Waals surface area contributed by atoms with E-state index in [-0.39, 0.29) is 17.2 Å². The zero-order chi connectivity index (χ0) is 14.5. The van der Waals surface area contributed by atoms with Gasteiger partial charge < -0.3 is 10.4 Å². The lowest BCUT2D eigenvalue weighted by molar-refractivity contribution is 0.0947. The number of nitrogens with one attached hydrogen (secondary N) is 1. The third-order valence-corrected chi connectivity index (χ3v) is 3.66. The Hall–Kier alpha value is -1.63. The molecule has 0 saturated carbocycles. The first kappa shape index (κ1) is 14.8. The molecule has 0 aliphatic heterocycles. The van der Waals surface area contributed by atoms with Crippen molar-refractivity contribution in [3.05, 3.63) is 56.9 Å². The second kappa shape index (κ2) is 6.69. The van der Waals surface area contributed by atoms with E-state index in [4.69, 9.17) is 0 Å². The number of aromatic hydroxyl groups is 1. The number of pyridine rings is 1. The van der Waals surface area contributed by atoms with Crippen molar-refractivity contribution in [2.75, 3.05) is 0 Å². The lowest BCUT2D eigenvalue weighted by Gasteiger charge is -2.09. The summed E-state index contributed by atoms with van der Waals surface area (Å²) in [7, 11) is 0. The van der Waals surface area contributed by atoms with Crippen molar-refractivity contribution in [3.63, 3.8) is 0 Å². The molecule has 1 amide bonds. The lowest BCUT2D eigenvalue weighted by atomic mass is 10.1. The third kappa shape index (κ3) is 3.47. The van der Waals surface area contributed by atoms with Crippen molar-refractivity contribution in [3.8, 4) is 5.75 Å². The number of halogens is 1. The van der Waals surface area contributed by atoms with E-state index in [9.17, 15) is 9.90 Å². The molecule has 1 aromatic carbocycles. The zero-order valence-electron chi connectivity index (χ0n) is 11.1. The Balaban J connectivity index is 2.11. The molecule has 20 heavy (non-hydrogen) atoms. The average molecular weight is 382 g/mol. The van der Waals surface area contributed by atoms with E-state index < -0.39 is 0 Å². The highest BCUT2D eigenvalue weighted by molar-refractivity contribution is 14.1. The summed E-state index contributed by atoms with van der Waals surface area (Å²) in [5.74, 6) is -0.312. The first-order chi connectivity index (χ1) is 9.61. The van der Waals surface area contributed by atoms with E-state index in [1.54, 1.807) is 18.3 Å². The smallest absolute Gasteiger partial charge is 0.255 e. The van der Waals surface area contributed by atoms with E-state index in [1.807, 2.05) is 19.1 Å². The SMILES string of the molecule is CCc1cccnc1CNC(=O)c1cc(I)ccc1O. The van der Waals surface area contributed by atoms with Gasteiger partial charge in [0.1, 0.15) is 5.75 Å². The van der Waals surface area contributed by atoms with E-state index in [2.05, 4.69) is 32.9 Å². The van der Waals surface area contributed by atoms with Crippen molar-refractivity contribution in [1.29, 1.82) is 0 Å². The van der Waals surface area contributed by atoms with Gasteiger partial charge in [-0.25, -0.2) is 0 Å². The Bertz CT molecular complexity index is 629. The van der Waals surface area contributed by atoms with Crippen molar-refractivity contribution in [1.82, 2.24) is 10.3 Å². The molecule has 0 saturated heterocycles. The van der Waals surface area contributed by atoms with Gasteiger partial charge in [0.25, 0.3) is 5.91 Å². The van der Waals surface area contributed by atoms with Gasteiger partial charge in [0, 0.05) is 9.77 Å². The Morgan fingerprint density at radius 2 is 2.20 bits per heavy atom. The molecule has 0 aliphatic rings. The van der Waals surface area contributed by atoms with Crippen LogP contribution in [0.2, 0.25) is 0 Å². The van der Waals surface area contributed by atoms with Gasteiger partial charge in [0.05, 0.1) is 17.8 Å². The van der Waals surface area contributed by atoms with Gasteiger partial charge in [-0.15, -0.1) is 0 Å². The van der Waals surface area contributed by atoms with Crippen molar-refractivity contribution >= 4 is 28.5 Å². The highest BCUT2D eigenvalue weighted by Gasteiger charge is 2.12. The summed E-state index contributed by atoms with van der Waals surface area (Å²) in [6.45, 7) is 2.40. The molecule has 0 aliphatic carbocycles. The van der Waals surface area contributed by atoms with Crippen LogP contribution in [0.25, 0.3) is 0 Å². The average Bonchev–Trinajstić information content (AvgIpc) is 2.47. The van der Waals surface area contributed by atoms with Crippen LogP contribution < -0.4 is 5.32 Å². The van der Waals surface area contributed by atoms with Gasteiger partial charge in [-0.05, 0) is 58.8 Å². The molecule has 2 rings (SSSR count). The molecule has 1 aromatic heterocycles. The van der Waals surface area contributed by atoms with Crippen LogP contribution in [-0.4, -0.2) is 16.0 Å². The van der Waals surface area contributed by atoms with Crippen LogP contribution in [0.5, 0.6) is 5.75 Å². The van der Waals surface area contributed by atoms with Crippen LogP contribution in [-0.2, 0) is 13.0 Å². The van der Waals surface area contributed by atoms with Crippen LogP contribution >= 0.6 is 22.6 Å². The summed E-state index contributed by atoms with van der Waals surface area (Å²) < 4.78 is 0.901. The molecule has 0 spiro atoms. The second-order valence-corrected chi connectivity index (χ2v) is 5.55. The van der Waals surface area contributed by atoms with Gasteiger partial charge >= 0.3 is 0 Å². The van der Waals surface area contributed by atoms with E-state index in [1.165, 1.54) is 6.07 Å². The maximum absolute atomic E-state index is 12.1. The number of aromatic nitrogens is 1. The number of hydrogen-bond donors (Lipinski definition) is 2. The summed E-state index contributed by atoms with van der Waals surface area (Å²) in [5.41, 5.74) is 2.25. The minimum absolute atomic E-state index is 0.0142. The van der Waals surface area contributed by atoms with Gasteiger partial charge in [-0.3, -0.25) is 9.78 Å². The number of nitrogens with zero attached hydrogens (tertiary/aromatic N) is 1. The fraction of sp³-hybridized carbons (Fsp3) is 0.200. The topological polar surface area (TPSA) is 62.2 Å². The largest absolute Gasteiger partial charge is 0.507 e. The van der Waals surface area contributed by atoms with E-state index in [0.29, 0.717) is 6.54 Å². The summed E-state index contributed by atoms with van der Waals surface area (Å²) in [6.07, 6.45) is 2.58. The Morgan fingerprint density at radius 1 is 1.40 bits per heavy atom. The number of rotatable bonds is 4. The molecule has 104 valence electrons. The predicted molar refractivity (Wildman–Crippen MR) is 85.6 cm³/mol. The number of amides is 1. The number of carbonyl (C=O) groups excluding carboxylic acids is 1. The molecule has 0 bridgehead atoms. The first-order valence-corrected chi connectivity index (χ1v) is 7.39. The van der Waals surface area contributed by atoms with E-state index >= 15 is 0 Å². The number of benzene rings is 1. The molecule has 2 aromatic rings. The van der Waals surface area contributed by atoms with Gasteiger partial charge in [0.15, 0.2) is 0 Å². The monoisotopic (exact) mass is 382 g/mol. The summed E-state index contributed by atoms with van der Waals surface area (Å²) in [4.78, 5) is 16.4. The fourth-order valence-corrected chi connectivity index (χ4v) is 2.39. The number of aryl methyl sites for hydroxylation is 1.